The molecule has 0 bridgehead atoms. The van der Waals surface area contributed by atoms with Gasteiger partial charge in [-0.05, 0) is 55.9 Å². The molecule has 0 amide bonds. The predicted octanol–water partition coefficient (Wildman–Crippen LogP) is 3.44. The summed E-state index contributed by atoms with van der Waals surface area (Å²) in [7, 11) is 0. The molecule has 3 heteroatoms. The van der Waals surface area contributed by atoms with Crippen LogP contribution in [0, 0.1) is 17.2 Å². The van der Waals surface area contributed by atoms with Gasteiger partial charge in [-0.2, -0.15) is 5.26 Å². The van der Waals surface area contributed by atoms with Crippen molar-refractivity contribution in [3.05, 3.63) is 29.8 Å². The van der Waals surface area contributed by atoms with E-state index in [9.17, 15) is 5.11 Å². The maximum atomic E-state index is 11.1. The molecule has 0 aliphatic heterocycles. The highest BCUT2D eigenvalue weighted by Gasteiger charge is 2.47. The molecule has 106 valence electrons. The van der Waals surface area contributed by atoms with Gasteiger partial charge < -0.3 is 10.4 Å². The quantitative estimate of drug-likeness (QED) is 0.865. The molecule has 1 aromatic rings. The summed E-state index contributed by atoms with van der Waals surface area (Å²) in [5.41, 5.74) is 1.15. The van der Waals surface area contributed by atoms with Crippen LogP contribution in [0.15, 0.2) is 24.3 Å². The minimum atomic E-state index is -0.537. The largest absolute Gasteiger partial charge is 0.387 e. The molecule has 2 N–H and O–H groups in total. The molecular weight excluding hydrogens is 248 g/mol. The number of rotatable bonds is 2. The summed E-state index contributed by atoms with van der Waals surface area (Å²) < 4.78 is 0. The molecule has 0 saturated heterocycles. The van der Waals surface area contributed by atoms with Gasteiger partial charge in [-0.25, -0.2) is 0 Å². The van der Waals surface area contributed by atoms with Gasteiger partial charge in [0.1, 0.15) is 0 Å². The van der Waals surface area contributed by atoms with E-state index in [1.807, 2.05) is 24.3 Å². The first-order chi connectivity index (χ1) is 9.72. The monoisotopic (exact) mass is 270 g/mol. The maximum Gasteiger partial charge on any atom is 0.0991 e. The van der Waals surface area contributed by atoms with E-state index >= 15 is 0 Å². The van der Waals surface area contributed by atoms with E-state index in [4.69, 9.17) is 5.26 Å². The number of nitrogens with zero attached hydrogens (tertiary/aromatic N) is 1. The summed E-state index contributed by atoms with van der Waals surface area (Å²) >= 11 is 0. The smallest absolute Gasteiger partial charge is 0.0991 e. The molecule has 0 radical (unpaired) electrons. The second-order valence-electron chi connectivity index (χ2n) is 6.25. The van der Waals surface area contributed by atoms with Crippen LogP contribution in [0.3, 0.4) is 0 Å². The fourth-order valence-electron chi connectivity index (χ4n) is 3.96. The third kappa shape index (κ3) is 2.41. The molecule has 0 aromatic heterocycles. The predicted molar refractivity (Wildman–Crippen MR) is 79.3 cm³/mol. The Labute approximate surface area is 120 Å². The van der Waals surface area contributed by atoms with Crippen molar-refractivity contribution >= 4 is 5.69 Å². The summed E-state index contributed by atoms with van der Waals surface area (Å²) in [6.07, 6.45) is 7.89. The van der Waals surface area contributed by atoms with Gasteiger partial charge >= 0.3 is 0 Å². The summed E-state index contributed by atoms with van der Waals surface area (Å²) in [5, 5.41) is 23.4. The van der Waals surface area contributed by atoms with Crippen LogP contribution in [0.4, 0.5) is 5.69 Å². The molecular formula is C17H22N2O. The summed E-state index contributed by atoms with van der Waals surface area (Å²) in [4.78, 5) is 0. The molecule has 0 spiro atoms. The second-order valence-corrected chi connectivity index (χ2v) is 6.25. The molecule has 3 rings (SSSR count). The molecule has 2 saturated carbocycles. The van der Waals surface area contributed by atoms with E-state index in [-0.39, 0.29) is 6.04 Å². The Kier molecular flexibility index (Phi) is 3.67. The Morgan fingerprint density at radius 2 is 1.85 bits per heavy atom. The number of nitrogens with one attached hydrogen (secondary N) is 1. The summed E-state index contributed by atoms with van der Waals surface area (Å²) in [6, 6.07) is 9.81. The first-order valence-electron chi connectivity index (χ1n) is 7.71. The molecule has 0 heterocycles. The second kappa shape index (κ2) is 5.46. The van der Waals surface area contributed by atoms with Crippen LogP contribution in [0.25, 0.3) is 0 Å². The van der Waals surface area contributed by atoms with E-state index in [0.29, 0.717) is 11.5 Å². The minimum absolute atomic E-state index is 0.148. The van der Waals surface area contributed by atoms with Crippen molar-refractivity contribution in [2.24, 2.45) is 5.92 Å². The lowest BCUT2D eigenvalue weighted by Gasteiger charge is -2.49. The van der Waals surface area contributed by atoms with E-state index in [1.54, 1.807) is 0 Å². The van der Waals surface area contributed by atoms with Crippen molar-refractivity contribution in [2.45, 2.75) is 56.6 Å². The number of aliphatic hydroxyl groups is 1. The fraction of sp³-hybridized carbons (Fsp3) is 0.588. The fourth-order valence-corrected chi connectivity index (χ4v) is 3.96. The Hall–Kier alpha value is -1.53. The van der Waals surface area contributed by atoms with Crippen LogP contribution in [-0.4, -0.2) is 16.7 Å². The number of hydrogen-bond acceptors (Lipinski definition) is 3. The first-order valence-corrected chi connectivity index (χ1v) is 7.71. The zero-order chi connectivity index (χ0) is 14.0. The van der Waals surface area contributed by atoms with Gasteiger partial charge in [0.25, 0.3) is 0 Å². The lowest BCUT2D eigenvalue weighted by atomic mass is 9.65. The molecule has 3 atom stereocenters. The molecule has 3 nitrogen and oxygen atoms in total. The molecule has 2 aliphatic carbocycles. The Morgan fingerprint density at radius 3 is 2.60 bits per heavy atom. The number of fused-ring (bicyclic) bond motifs is 1. The summed E-state index contributed by atoms with van der Waals surface area (Å²) in [5.74, 6) is 0.459. The van der Waals surface area contributed by atoms with Gasteiger partial charge in [-0.3, -0.25) is 0 Å². The summed E-state index contributed by atoms with van der Waals surface area (Å²) in [6.45, 7) is 0. The van der Waals surface area contributed by atoms with Crippen LogP contribution >= 0.6 is 0 Å². The Balaban J connectivity index is 1.76. The van der Waals surface area contributed by atoms with Crippen LogP contribution in [0.5, 0.6) is 0 Å². The highest BCUT2D eigenvalue weighted by atomic mass is 16.3. The van der Waals surface area contributed by atoms with Crippen LogP contribution in [0.1, 0.15) is 50.5 Å². The molecule has 2 fully saturated rings. The normalized spacial score (nSPS) is 33.0. The lowest BCUT2D eigenvalue weighted by molar-refractivity contribution is -0.0835. The Morgan fingerprint density at radius 1 is 1.10 bits per heavy atom. The first kappa shape index (κ1) is 13.5. The van der Waals surface area contributed by atoms with Crippen molar-refractivity contribution in [1.29, 1.82) is 5.26 Å². The van der Waals surface area contributed by atoms with Crippen molar-refractivity contribution in [1.82, 2.24) is 0 Å². The van der Waals surface area contributed by atoms with E-state index in [1.165, 1.54) is 25.7 Å². The van der Waals surface area contributed by atoms with Crippen molar-refractivity contribution in [2.75, 3.05) is 5.32 Å². The number of nitriles is 1. The van der Waals surface area contributed by atoms with Crippen LogP contribution in [0.2, 0.25) is 0 Å². The van der Waals surface area contributed by atoms with Gasteiger partial charge in [0.15, 0.2) is 0 Å². The zero-order valence-corrected chi connectivity index (χ0v) is 11.8. The molecule has 20 heavy (non-hydrogen) atoms. The van der Waals surface area contributed by atoms with Gasteiger partial charge in [-0.1, -0.05) is 19.3 Å². The molecule has 1 aromatic carbocycles. The number of anilines is 1. The average molecular weight is 270 g/mol. The van der Waals surface area contributed by atoms with Crippen LogP contribution in [-0.2, 0) is 0 Å². The highest BCUT2D eigenvalue weighted by molar-refractivity contribution is 5.48. The van der Waals surface area contributed by atoms with Crippen molar-refractivity contribution in [3.8, 4) is 6.07 Å². The topological polar surface area (TPSA) is 56.0 Å². The maximum absolute atomic E-state index is 11.1. The number of benzene rings is 1. The average Bonchev–Trinajstić information content (AvgIpc) is 2.49. The third-order valence-electron chi connectivity index (χ3n) is 5.09. The third-order valence-corrected chi connectivity index (χ3v) is 5.09. The van der Waals surface area contributed by atoms with Crippen molar-refractivity contribution in [3.63, 3.8) is 0 Å². The zero-order valence-electron chi connectivity index (χ0n) is 11.8. The Bertz CT molecular complexity index is 503. The SMILES string of the molecule is N#Cc1ccc(N[C@@H]2CCC[C@H]3CCCC[C@]32O)cc1. The van der Waals surface area contributed by atoms with E-state index in [2.05, 4.69) is 11.4 Å². The lowest BCUT2D eigenvalue weighted by Crippen LogP contribution is -2.56. The van der Waals surface area contributed by atoms with Gasteiger partial charge in [0, 0.05) is 5.69 Å². The van der Waals surface area contributed by atoms with Gasteiger partial charge in [-0.15, -0.1) is 0 Å². The van der Waals surface area contributed by atoms with E-state index in [0.717, 1.165) is 24.9 Å². The van der Waals surface area contributed by atoms with Gasteiger partial charge in [0.05, 0.1) is 23.3 Å². The van der Waals surface area contributed by atoms with E-state index < -0.39 is 5.60 Å². The molecule has 2 aliphatic rings. The highest BCUT2D eigenvalue weighted by Crippen LogP contribution is 2.44. The standard InChI is InChI=1S/C17H22N2O/c18-12-13-7-9-15(10-8-13)19-16-6-3-5-14-4-1-2-11-17(14,16)20/h7-10,14,16,19-20H,1-6,11H2/t14-,16-,17+/m1/s1. The minimum Gasteiger partial charge on any atom is -0.387 e. The van der Waals surface area contributed by atoms with Crippen molar-refractivity contribution < 1.29 is 5.11 Å². The van der Waals surface area contributed by atoms with Gasteiger partial charge in [0.2, 0.25) is 0 Å². The van der Waals surface area contributed by atoms with Crippen LogP contribution < -0.4 is 5.32 Å². The molecule has 0 unspecified atom stereocenters. The number of hydrogen-bond donors (Lipinski definition) is 2.